The molecule has 0 atom stereocenters. The van der Waals surface area contributed by atoms with Gasteiger partial charge < -0.3 is 10.1 Å². The zero-order valence-electron chi connectivity index (χ0n) is 20.8. The van der Waals surface area contributed by atoms with Crippen LogP contribution >= 0.6 is 11.3 Å². The number of nitrogens with one attached hydrogen (secondary N) is 2. The van der Waals surface area contributed by atoms with Gasteiger partial charge in [0, 0.05) is 58.8 Å². The lowest BCUT2D eigenvalue weighted by atomic mass is 9.95. The van der Waals surface area contributed by atoms with Crippen LogP contribution in [0, 0.1) is 13.8 Å². The molecule has 0 bridgehead atoms. The summed E-state index contributed by atoms with van der Waals surface area (Å²) in [6, 6.07) is 11.4. The summed E-state index contributed by atoms with van der Waals surface area (Å²) in [4.78, 5) is 43.3. The predicted molar refractivity (Wildman–Crippen MR) is 145 cm³/mol. The maximum Gasteiger partial charge on any atom is 0.259 e. The van der Waals surface area contributed by atoms with Crippen molar-refractivity contribution in [3.8, 4) is 28.0 Å². The van der Waals surface area contributed by atoms with Crippen molar-refractivity contribution in [2.45, 2.75) is 20.4 Å². The molecule has 1 aromatic carbocycles. The van der Waals surface area contributed by atoms with E-state index in [1.54, 1.807) is 31.8 Å². The highest BCUT2D eigenvalue weighted by atomic mass is 32.1. The molecule has 5 aromatic rings. The minimum absolute atomic E-state index is 0.139. The number of carbonyl (C=O) groups excluding carboxylic acids is 2. The van der Waals surface area contributed by atoms with E-state index in [1.165, 1.54) is 11.3 Å². The Hall–Kier alpha value is -4.70. The number of amides is 2. The molecule has 0 saturated carbocycles. The molecule has 1 aliphatic rings. The van der Waals surface area contributed by atoms with Crippen LogP contribution in [0.4, 0.5) is 5.13 Å². The Balaban J connectivity index is 1.35. The number of aryl methyl sites for hydroxylation is 2. The molecule has 2 amide bonds. The standard InChI is InChI=1S/C28H22N6O3S/c1-14-6-16(4-5-29-14)17-9-24-25(31-11-17)33-28(38-24)34-27(36)22-13-30-15(2)7-20(22)21-8-18-12-32-26(35)19(18)10-23(21)37-3/h4-11,13H,12H2,1-3H3,(H,32,35)(H,31,33,34,36). The summed E-state index contributed by atoms with van der Waals surface area (Å²) in [6.45, 7) is 4.23. The SMILES string of the molecule is COc1cc2c(cc1-c1cc(C)ncc1C(=O)Nc1nc3ncc(-c4ccnc(C)c4)cc3s1)CNC2=O. The number of hydrogen-bond donors (Lipinski definition) is 2. The summed E-state index contributed by atoms with van der Waals surface area (Å²) in [5, 5.41) is 6.17. The molecule has 0 unspecified atom stereocenters. The molecule has 0 fully saturated rings. The number of fused-ring (bicyclic) bond motifs is 2. The van der Waals surface area contributed by atoms with Gasteiger partial charge in [-0.25, -0.2) is 4.98 Å². The number of rotatable bonds is 5. The van der Waals surface area contributed by atoms with E-state index in [9.17, 15) is 9.59 Å². The lowest BCUT2D eigenvalue weighted by molar-refractivity contribution is 0.0964. The number of hydrogen-bond acceptors (Lipinski definition) is 8. The highest BCUT2D eigenvalue weighted by Gasteiger charge is 2.25. The summed E-state index contributed by atoms with van der Waals surface area (Å²) >= 11 is 1.35. The summed E-state index contributed by atoms with van der Waals surface area (Å²) in [7, 11) is 1.54. The number of aromatic nitrogens is 4. The third-order valence-electron chi connectivity index (χ3n) is 6.38. The van der Waals surface area contributed by atoms with Crippen molar-refractivity contribution in [1.29, 1.82) is 0 Å². The van der Waals surface area contributed by atoms with Gasteiger partial charge in [0.2, 0.25) is 0 Å². The summed E-state index contributed by atoms with van der Waals surface area (Å²) in [5.74, 6) is 0.0113. The second-order valence-corrected chi connectivity index (χ2v) is 10.00. The van der Waals surface area contributed by atoms with E-state index in [4.69, 9.17) is 4.74 Å². The van der Waals surface area contributed by atoms with Gasteiger partial charge in [0.15, 0.2) is 10.8 Å². The molecular weight excluding hydrogens is 500 g/mol. The zero-order valence-corrected chi connectivity index (χ0v) is 21.6. The highest BCUT2D eigenvalue weighted by Crippen LogP contribution is 2.37. The Bertz CT molecular complexity index is 1760. The van der Waals surface area contributed by atoms with Crippen molar-refractivity contribution in [2.75, 3.05) is 12.4 Å². The summed E-state index contributed by atoms with van der Waals surface area (Å²) in [5.41, 5.74) is 7.35. The molecule has 5 heterocycles. The van der Waals surface area contributed by atoms with Crippen LogP contribution in [-0.4, -0.2) is 38.9 Å². The average Bonchev–Trinajstić information content (AvgIpc) is 3.49. The second kappa shape index (κ2) is 9.31. The lowest BCUT2D eigenvalue weighted by Gasteiger charge is -2.14. The molecule has 2 N–H and O–H groups in total. The summed E-state index contributed by atoms with van der Waals surface area (Å²) in [6.07, 6.45) is 5.08. The van der Waals surface area contributed by atoms with E-state index in [1.807, 2.05) is 44.2 Å². The first-order valence-electron chi connectivity index (χ1n) is 11.9. The van der Waals surface area contributed by atoms with Crippen molar-refractivity contribution in [3.05, 3.63) is 83.1 Å². The number of pyridine rings is 3. The molecule has 0 spiro atoms. The van der Waals surface area contributed by atoms with Crippen LogP contribution in [0.5, 0.6) is 5.75 Å². The first-order chi connectivity index (χ1) is 18.4. The number of anilines is 1. The van der Waals surface area contributed by atoms with Crippen molar-refractivity contribution >= 4 is 38.6 Å². The first kappa shape index (κ1) is 23.7. The predicted octanol–water partition coefficient (Wildman–Crippen LogP) is 4.94. The molecule has 38 heavy (non-hydrogen) atoms. The van der Waals surface area contributed by atoms with Crippen molar-refractivity contribution < 1.29 is 14.3 Å². The molecule has 1 aliphatic heterocycles. The van der Waals surface area contributed by atoms with Gasteiger partial charge in [0.25, 0.3) is 11.8 Å². The molecule has 9 nitrogen and oxygen atoms in total. The Morgan fingerprint density at radius 1 is 0.974 bits per heavy atom. The fourth-order valence-electron chi connectivity index (χ4n) is 4.52. The highest BCUT2D eigenvalue weighted by molar-refractivity contribution is 7.22. The van der Waals surface area contributed by atoms with Crippen LogP contribution < -0.4 is 15.4 Å². The monoisotopic (exact) mass is 522 g/mol. The maximum atomic E-state index is 13.5. The van der Waals surface area contributed by atoms with Gasteiger partial charge in [-0.05, 0) is 61.4 Å². The van der Waals surface area contributed by atoms with E-state index in [-0.39, 0.29) is 11.8 Å². The summed E-state index contributed by atoms with van der Waals surface area (Å²) < 4.78 is 6.46. The van der Waals surface area contributed by atoms with E-state index in [2.05, 4.69) is 30.6 Å². The van der Waals surface area contributed by atoms with Gasteiger partial charge in [0.05, 0.1) is 17.4 Å². The topological polar surface area (TPSA) is 119 Å². The largest absolute Gasteiger partial charge is 0.496 e. The number of methoxy groups -OCH3 is 1. The molecular formula is C28H22N6O3S. The first-order valence-corrected chi connectivity index (χ1v) is 12.7. The van der Waals surface area contributed by atoms with Gasteiger partial charge >= 0.3 is 0 Å². The Kier molecular flexibility index (Phi) is 5.80. The number of carbonyl (C=O) groups is 2. The fraction of sp³-hybridized carbons (Fsp3) is 0.143. The molecule has 0 aliphatic carbocycles. The molecule has 0 radical (unpaired) electrons. The van der Waals surface area contributed by atoms with E-state index < -0.39 is 0 Å². The van der Waals surface area contributed by atoms with Crippen molar-refractivity contribution in [1.82, 2.24) is 25.3 Å². The lowest BCUT2D eigenvalue weighted by Crippen LogP contribution is -2.14. The molecule has 188 valence electrons. The van der Waals surface area contributed by atoms with Gasteiger partial charge in [-0.15, -0.1) is 0 Å². The second-order valence-electron chi connectivity index (χ2n) is 8.97. The van der Waals surface area contributed by atoms with E-state index in [0.717, 1.165) is 32.8 Å². The minimum atomic E-state index is -0.353. The Morgan fingerprint density at radius 2 is 1.82 bits per heavy atom. The van der Waals surface area contributed by atoms with E-state index >= 15 is 0 Å². The van der Waals surface area contributed by atoms with E-state index in [0.29, 0.717) is 45.3 Å². The van der Waals surface area contributed by atoms with Gasteiger partial charge in [0.1, 0.15) is 5.75 Å². The van der Waals surface area contributed by atoms with Gasteiger partial charge in [-0.3, -0.25) is 24.9 Å². The smallest absolute Gasteiger partial charge is 0.259 e. The minimum Gasteiger partial charge on any atom is -0.496 e. The fourth-order valence-corrected chi connectivity index (χ4v) is 5.38. The van der Waals surface area contributed by atoms with Crippen LogP contribution in [0.2, 0.25) is 0 Å². The van der Waals surface area contributed by atoms with Gasteiger partial charge in [-0.1, -0.05) is 11.3 Å². The number of benzene rings is 1. The maximum absolute atomic E-state index is 13.5. The van der Waals surface area contributed by atoms with Crippen LogP contribution in [-0.2, 0) is 6.54 Å². The number of ether oxygens (including phenoxy) is 1. The van der Waals surface area contributed by atoms with Crippen LogP contribution in [0.3, 0.4) is 0 Å². The third-order valence-corrected chi connectivity index (χ3v) is 7.29. The number of thiazole rings is 1. The third kappa shape index (κ3) is 4.24. The quantitative estimate of drug-likeness (QED) is 0.336. The molecule has 0 saturated heterocycles. The molecule has 10 heteroatoms. The van der Waals surface area contributed by atoms with Crippen molar-refractivity contribution in [3.63, 3.8) is 0 Å². The Morgan fingerprint density at radius 3 is 2.63 bits per heavy atom. The molecule has 6 rings (SSSR count). The zero-order chi connectivity index (χ0) is 26.4. The average molecular weight is 523 g/mol. The van der Waals surface area contributed by atoms with Crippen LogP contribution in [0.15, 0.2) is 55.0 Å². The normalized spacial score (nSPS) is 12.3. The number of nitrogens with zero attached hydrogens (tertiary/aromatic N) is 4. The van der Waals surface area contributed by atoms with Gasteiger partial charge in [-0.2, -0.15) is 4.98 Å². The van der Waals surface area contributed by atoms with Crippen LogP contribution in [0.25, 0.3) is 32.6 Å². The van der Waals surface area contributed by atoms with Crippen LogP contribution in [0.1, 0.15) is 37.7 Å². The molecule has 4 aromatic heterocycles. The van der Waals surface area contributed by atoms with Crippen molar-refractivity contribution in [2.24, 2.45) is 0 Å². The Labute approximate surface area is 222 Å².